The first-order valence-electron chi connectivity index (χ1n) is 5.32. The first kappa shape index (κ1) is 15.7. The SMILES string of the molecule is CC(C)Cc1ccc(C(C)C(=O)O)cc1.[Na+]. The average Bonchev–Trinajstić information content (AvgIpc) is 2.17. The van der Waals surface area contributed by atoms with Crippen molar-refractivity contribution in [3.05, 3.63) is 35.4 Å². The molecule has 0 aromatic heterocycles. The Balaban J connectivity index is 0.00000225. The second-order valence-corrected chi connectivity index (χ2v) is 4.40. The molecule has 1 rings (SSSR count). The van der Waals surface area contributed by atoms with E-state index in [4.69, 9.17) is 5.11 Å². The van der Waals surface area contributed by atoms with Crippen LogP contribution in [0.3, 0.4) is 0 Å². The van der Waals surface area contributed by atoms with E-state index in [0.29, 0.717) is 5.92 Å². The summed E-state index contributed by atoms with van der Waals surface area (Å²) in [6.07, 6.45) is 1.04. The Morgan fingerprint density at radius 3 is 2.06 bits per heavy atom. The summed E-state index contributed by atoms with van der Waals surface area (Å²) in [5.41, 5.74) is 2.14. The second kappa shape index (κ2) is 7.10. The van der Waals surface area contributed by atoms with Gasteiger partial charge in [-0.3, -0.25) is 4.79 Å². The molecule has 1 atom stereocenters. The third-order valence-electron chi connectivity index (χ3n) is 2.49. The second-order valence-electron chi connectivity index (χ2n) is 4.40. The number of hydrogen-bond acceptors (Lipinski definition) is 1. The normalized spacial score (nSPS) is 12.0. The summed E-state index contributed by atoms with van der Waals surface area (Å²) in [5, 5.41) is 8.85. The van der Waals surface area contributed by atoms with Crippen LogP contribution in [0.25, 0.3) is 0 Å². The number of carbonyl (C=O) groups is 1. The maximum atomic E-state index is 10.8. The minimum absolute atomic E-state index is 0. The molecule has 0 saturated heterocycles. The number of carboxylic acids is 1. The Morgan fingerprint density at radius 1 is 1.19 bits per heavy atom. The molecule has 82 valence electrons. The molecular formula is C13H18NaO2+. The van der Waals surface area contributed by atoms with Crippen LogP contribution in [-0.4, -0.2) is 11.1 Å². The molecule has 0 amide bonds. The van der Waals surface area contributed by atoms with Gasteiger partial charge in [0.1, 0.15) is 0 Å². The van der Waals surface area contributed by atoms with Crippen molar-refractivity contribution in [3.8, 4) is 0 Å². The van der Waals surface area contributed by atoms with Gasteiger partial charge in [-0.25, -0.2) is 0 Å². The van der Waals surface area contributed by atoms with Crippen molar-refractivity contribution in [1.29, 1.82) is 0 Å². The van der Waals surface area contributed by atoms with Crippen molar-refractivity contribution in [3.63, 3.8) is 0 Å². The van der Waals surface area contributed by atoms with E-state index in [0.717, 1.165) is 12.0 Å². The minimum Gasteiger partial charge on any atom is -0.481 e. The van der Waals surface area contributed by atoms with E-state index >= 15 is 0 Å². The summed E-state index contributed by atoms with van der Waals surface area (Å²) in [6, 6.07) is 7.87. The van der Waals surface area contributed by atoms with Crippen LogP contribution in [0.1, 0.15) is 37.8 Å². The Hall–Kier alpha value is -0.310. The van der Waals surface area contributed by atoms with Gasteiger partial charge in [-0.1, -0.05) is 38.1 Å². The molecule has 2 nitrogen and oxygen atoms in total. The molecule has 16 heavy (non-hydrogen) atoms. The maximum absolute atomic E-state index is 10.8. The molecule has 0 bridgehead atoms. The molecule has 3 heteroatoms. The molecule has 0 fully saturated rings. The number of carboxylic acid groups (broad SMARTS) is 1. The third kappa shape index (κ3) is 4.69. The monoisotopic (exact) mass is 229 g/mol. The van der Waals surface area contributed by atoms with Gasteiger partial charge < -0.3 is 5.11 Å². The molecule has 1 aromatic rings. The zero-order valence-corrected chi connectivity index (χ0v) is 12.5. The van der Waals surface area contributed by atoms with E-state index in [1.165, 1.54) is 5.56 Å². The van der Waals surface area contributed by atoms with Crippen LogP contribution in [0.4, 0.5) is 0 Å². The largest absolute Gasteiger partial charge is 1.00 e. The van der Waals surface area contributed by atoms with E-state index in [-0.39, 0.29) is 29.6 Å². The maximum Gasteiger partial charge on any atom is 1.00 e. The van der Waals surface area contributed by atoms with Crippen molar-refractivity contribution < 1.29 is 39.5 Å². The van der Waals surface area contributed by atoms with E-state index < -0.39 is 11.9 Å². The summed E-state index contributed by atoms with van der Waals surface area (Å²) in [4.78, 5) is 10.8. The molecule has 0 saturated carbocycles. The molecule has 1 N–H and O–H groups in total. The Labute approximate surface area is 119 Å². The average molecular weight is 229 g/mol. The van der Waals surface area contributed by atoms with Gasteiger partial charge in [-0.05, 0) is 30.4 Å². The molecule has 1 unspecified atom stereocenters. The van der Waals surface area contributed by atoms with Crippen LogP contribution in [0, 0.1) is 5.92 Å². The van der Waals surface area contributed by atoms with Crippen molar-refractivity contribution >= 4 is 5.97 Å². The van der Waals surface area contributed by atoms with Crippen LogP contribution < -0.4 is 29.6 Å². The van der Waals surface area contributed by atoms with Gasteiger partial charge in [0.15, 0.2) is 0 Å². The van der Waals surface area contributed by atoms with Gasteiger partial charge in [0.2, 0.25) is 0 Å². The van der Waals surface area contributed by atoms with Gasteiger partial charge >= 0.3 is 35.5 Å². The molecule has 0 heterocycles. The molecule has 0 aliphatic heterocycles. The summed E-state index contributed by atoms with van der Waals surface area (Å²) in [7, 11) is 0. The number of hydrogen-bond donors (Lipinski definition) is 1. The van der Waals surface area contributed by atoms with Gasteiger partial charge in [0.25, 0.3) is 0 Å². The fourth-order valence-electron chi connectivity index (χ4n) is 1.56. The van der Waals surface area contributed by atoms with Crippen LogP contribution in [0.2, 0.25) is 0 Å². The molecule has 0 aliphatic carbocycles. The smallest absolute Gasteiger partial charge is 0.481 e. The van der Waals surface area contributed by atoms with Crippen molar-refractivity contribution in [2.24, 2.45) is 5.92 Å². The fourth-order valence-corrected chi connectivity index (χ4v) is 1.56. The Bertz CT molecular complexity index is 330. The number of aliphatic carboxylic acids is 1. The molecular weight excluding hydrogens is 211 g/mol. The quantitative estimate of drug-likeness (QED) is 0.742. The van der Waals surface area contributed by atoms with Crippen LogP contribution in [-0.2, 0) is 11.2 Å². The zero-order chi connectivity index (χ0) is 11.4. The van der Waals surface area contributed by atoms with Gasteiger partial charge in [-0.15, -0.1) is 0 Å². The number of benzene rings is 1. The topological polar surface area (TPSA) is 37.3 Å². The Kier molecular flexibility index (Phi) is 6.96. The van der Waals surface area contributed by atoms with Crippen LogP contribution in [0.5, 0.6) is 0 Å². The summed E-state index contributed by atoms with van der Waals surface area (Å²) in [5.74, 6) is -0.558. The first-order chi connectivity index (χ1) is 7.00. The van der Waals surface area contributed by atoms with Crippen molar-refractivity contribution in [1.82, 2.24) is 0 Å². The number of rotatable bonds is 4. The molecule has 0 radical (unpaired) electrons. The minimum atomic E-state index is -0.772. The molecule has 0 aliphatic rings. The van der Waals surface area contributed by atoms with Gasteiger partial charge in [0, 0.05) is 0 Å². The van der Waals surface area contributed by atoms with Crippen LogP contribution >= 0.6 is 0 Å². The summed E-state index contributed by atoms with van der Waals surface area (Å²) >= 11 is 0. The van der Waals surface area contributed by atoms with Gasteiger partial charge in [-0.2, -0.15) is 0 Å². The van der Waals surface area contributed by atoms with Gasteiger partial charge in [0.05, 0.1) is 5.92 Å². The van der Waals surface area contributed by atoms with E-state index in [2.05, 4.69) is 13.8 Å². The molecule has 1 aromatic carbocycles. The predicted octanol–water partition coefficient (Wildman–Crippen LogP) is 0.0772. The van der Waals surface area contributed by atoms with E-state index in [1.807, 2.05) is 24.3 Å². The summed E-state index contributed by atoms with van der Waals surface area (Å²) < 4.78 is 0. The van der Waals surface area contributed by atoms with E-state index in [9.17, 15) is 4.79 Å². The first-order valence-corrected chi connectivity index (χ1v) is 5.32. The van der Waals surface area contributed by atoms with Crippen LogP contribution in [0.15, 0.2) is 24.3 Å². The summed E-state index contributed by atoms with van der Waals surface area (Å²) in [6.45, 7) is 6.06. The predicted molar refractivity (Wildman–Crippen MR) is 61.0 cm³/mol. The Morgan fingerprint density at radius 2 is 1.69 bits per heavy atom. The van der Waals surface area contributed by atoms with E-state index in [1.54, 1.807) is 6.92 Å². The van der Waals surface area contributed by atoms with Crippen molar-refractivity contribution in [2.75, 3.05) is 0 Å². The fraction of sp³-hybridized carbons (Fsp3) is 0.462. The van der Waals surface area contributed by atoms with Crippen molar-refractivity contribution in [2.45, 2.75) is 33.1 Å². The molecule has 0 spiro atoms. The zero-order valence-electron chi connectivity index (χ0n) is 10.5. The standard InChI is InChI=1S/C13H18O2.Na/c1-9(2)8-11-4-6-12(7-5-11)10(3)13(14)15;/h4-7,9-10H,8H2,1-3H3,(H,14,15);/q;+1. The third-order valence-corrected chi connectivity index (χ3v) is 2.49.